The molecule has 0 spiro atoms. The van der Waals surface area contributed by atoms with Gasteiger partial charge in [0.25, 0.3) is 0 Å². The van der Waals surface area contributed by atoms with Crippen molar-refractivity contribution >= 4 is 5.69 Å². The Morgan fingerprint density at radius 3 is 2.62 bits per heavy atom. The number of anilines is 1. The molecule has 2 rings (SSSR count). The quantitative estimate of drug-likeness (QED) is 0.888. The van der Waals surface area contributed by atoms with Gasteiger partial charge in [-0.3, -0.25) is 4.68 Å². The van der Waals surface area contributed by atoms with Crippen LogP contribution in [0.2, 0.25) is 0 Å². The molecule has 1 aromatic carbocycles. The molecule has 2 aromatic rings. The van der Waals surface area contributed by atoms with Gasteiger partial charge < -0.3 is 15.2 Å². The number of nitrogens with zero attached hydrogens (tertiary/aromatic N) is 2. The van der Waals surface area contributed by atoms with E-state index >= 15 is 0 Å². The van der Waals surface area contributed by atoms with Crippen molar-refractivity contribution in [1.29, 1.82) is 0 Å². The van der Waals surface area contributed by atoms with Gasteiger partial charge in [-0.1, -0.05) is 0 Å². The van der Waals surface area contributed by atoms with Crippen LogP contribution >= 0.6 is 0 Å². The van der Waals surface area contributed by atoms with Crippen molar-refractivity contribution in [2.75, 3.05) is 12.4 Å². The number of ether oxygens (including phenoxy) is 1. The van der Waals surface area contributed by atoms with Crippen molar-refractivity contribution in [1.82, 2.24) is 9.78 Å². The minimum absolute atomic E-state index is 0.0436. The average Bonchev–Trinajstić information content (AvgIpc) is 2.71. The second-order valence-corrected chi connectivity index (χ2v) is 5.26. The molecule has 1 aromatic heterocycles. The Bertz CT molecular complexity index is 635. The maximum absolute atomic E-state index is 9.40. The van der Waals surface area contributed by atoms with E-state index in [0.29, 0.717) is 5.75 Å². The van der Waals surface area contributed by atoms with Crippen LogP contribution in [0.15, 0.2) is 18.2 Å². The van der Waals surface area contributed by atoms with Gasteiger partial charge in [-0.25, -0.2) is 0 Å². The van der Waals surface area contributed by atoms with Crippen molar-refractivity contribution in [2.24, 2.45) is 7.05 Å². The van der Waals surface area contributed by atoms with Crippen molar-refractivity contribution < 1.29 is 9.84 Å². The highest BCUT2D eigenvalue weighted by atomic mass is 16.5. The first-order valence-electron chi connectivity index (χ1n) is 7.02. The highest BCUT2D eigenvalue weighted by molar-refractivity contribution is 5.52. The van der Waals surface area contributed by atoms with Gasteiger partial charge in [-0.15, -0.1) is 0 Å². The van der Waals surface area contributed by atoms with E-state index in [1.165, 1.54) is 5.56 Å². The van der Waals surface area contributed by atoms with Gasteiger partial charge in [0.1, 0.15) is 5.75 Å². The zero-order valence-corrected chi connectivity index (χ0v) is 13.3. The van der Waals surface area contributed by atoms with Gasteiger partial charge in [-0.2, -0.15) is 5.10 Å². The third kappa shape index (κ3) is 3.03. The van der Waals surface area contributed by atoms with Crippen LogP contribution in [-0.4, -0.2) is 22.0 Å². The lowest BCUT2D eigenvalue weighted by atomic mass is 10.1. The van der Waals surface area contributed by atoms with Gasteiger partial charge >= 0.3 is 0 Å². The van der Waals surface area contributed by atoms with Crippen LogP contribution in [0.4, 0.5) is 5.69 Å². The number of aromatic nitrogens is 2. The fourth-order valence-corrected chi connectivity index (χ4v) is 2.73. The topological polar surface area (TPSA) is 59.3 Å². The molecule has 0 saturated heterocycles. The van der Waals surface area contributed by atoms with E-state index in [1.54, 1.807) is 7.11 Å². The molecular formula is C16H23N3O2. The summed E-state index contributed by atoms with van der Waals surface area (Å²) < 4.78 is 7.12. The van der Waals surface area contributed by atoms with Crippen LogP contribution in [0.5, 0.6) is 5.75 Å². The molecule has 0 saturated carbocycles. The number of nitrogens with one attached hydrogen (secondary N) is 1. The van der Waals surface area contributed by atoms with E-state index in [1.807, 2.05) is 36.9 Å². The van der Waals surface area contributed by atoms with Crippen molar-refractivity contribution in [3.8, 4) is 5.75 Å². The van der Waals surface area contributed by atoms with E-state index in [9.17, 15) is 5.11 Å². The summed E-state index contributed by atoms with van der Waals surface area (Å²) in [6.45, 7) is 6.16. The largest absolute Gasteiger partial charge is 0.496 e. The molecule has 2 N–H and O–H groups in total. The first-order valence-corrected chi connectivity index (χ1v) is 7.02. The molecule has 0 aliphatic heterocycles. The van der Waals surface area contributed by atoms with Crippen LogP contribution in [0.25, 0.3) is 0 Å². The number of aryl methyl sites for hydroxylation is 2. The summed E-state index contributed by atoms with van der Waals surface area (Å²) in [5.74, 6) is 0.699. The van der Waals surface area contributed by atoms with Crippen LogP contribution < -0.4 is 10.1 Å². The van der Waals surface area contributed by atoms with Crippen molar-refractivity contribution in [3.63, 3.8) is 0 Å². The first kappa shape index (κ1) is 15.4. The fraction of sp³-hybridized carbons (Fsp3) is 0.438. The average molecular weight is 289 g/mol. The molecule has 21 heavy (non-hydrogen) atoms. The molecule has 0 aliphatic carbocycles. The van der Waals surface area contributed by atoms with Gasteiger partial charge in [0.15, 0.2) is 0 Å². The number of aliphatic hydroxyl groups excluding tert-OH is 1. The molecule has 0 fully saturated rings. The second-order valence-electron chi connectivity index (χ2n) is 5.26. The molecule has 1 heterocycles. The fourth-order valence-electron chi connectivity index (χ4n) is 2.73. The van der Waals surface area contributed by atoms with Gasteiger partial charge in [0, 0.05) is 29.6 Å². The van der Waals surface area contributed by atoms with Crippen LogP contribution in [0, 0.1) is 13.8 Å². The minimum atomic E-state index is -0.0436. The monoisotopic (exact) mass is 289 g/mol. The second kappa shape index (κ2) is 6.18. The van der Waals surface area contributed by atoms with Crippen LogP contribution in [-0.2, 0) is 13.7 Å². The summed E-state index contributed by atoms with van der Waals surface area (Å²) in [5, 5.41) is 17.3. The Hall–Kier alpha value is -2.01. The number of methoxy groups -OCH3 is 1. The van der Waals surface area contributed by atoms with Crippen molar-refractivity contribution in [3.05, 3.63) is 40.7 Å². The third-order valence-corrected chi connectivity index (χ3v) is 3.83. The molecule has 0 amide bonds. The predicted molar refractivity (Wildman–Crippen MR) is 83.6 cm³/mol. The Morgan fingerprint density at radius 1 is 1.38 bits per heavy atom. The highest BCUT2D eigenvalue weighted by Crippen LogP contribution is 2.28. The predicted octanol–water partition coefficient (Wildman–Crippen LogP) is 2.71. The summed E-state index contributed by atoms with van der Waals surface area (Å²) in [5.41, 5.74) is 5.12. The maximum Gasteiger partial charge on any atom is 0.124 e. The van der Waals surface area contributed by atoms with E-state index in [-0.39, 0.29) is 12.6 Å². The normalized spacial score (nSPS) is 12.3. The summed E-state index contributed by atoms with van der Waals surface area (Å²) in [6, 6.07) is 5.87. The molecule has 114 valence electrons. The molecule has 0 bridgehead atoms. The third-order valence-electron chi connectivity index (χ3n) is 3.83. The number of hydrogen-bond acceptors (Lipinski definition) is 4. The Kier molecular flexibility index (Phi) is 4.53. The summed E-state index contributed by atoms with van der Waals surface area (Å²) in [4.78, 5) is 0. The lowest BCUT2D eigenvalue weighted by Crippen LogP contribution is -2.09. The summed E-state index contributed by atoms with van der Waals surface area (Å²) >= 11 is 0. The van der Waals surface area contributed by atoms with E-state index in [0.717, 1.165) is 22.6 Å². The molecule has 0 radical (unpaired) electrons. The van der Waals surface area contributed by atoms with E-state index in [2.05, 4.69) is 24.3 Å². The molecule has 1 unspecified atom stereocenters. The lowest BCUT2D eigenvalue weighted by molar-refractivity contribution is 0.274. The SMILES string of the molecule is COc1ccc(NC(C)c2c(C)nn(C)c2C)cc1CO. The first-order chi connectivity index (χ1) is 9.97. The standard InChI is InChI=1S/C16H23N3O2/c1-10(16-11(2)18-19(4)12(16)3)17-14-6-7-15(21-5)13(8-14)9-20/h6-8,10,17,20H,9H2,1-5H3. The lowest BCUT2D eigenvalue weighted by Gasteiger charge is -2.17. The minimum Gasteiger partial charge on any atom is -0.496 e. The molecule has 0 aliphatic rings. The Balaban J connectivity index is 2.25. The number of benzene rings is 1. The van der Waals surface area contributed by atoms with Crippen LogP contribution in [0.1, 0.15) is 35.5 Å². The van der Waals surface area contributed by atoms with Crippen LogP contribution in [0.3, 0.4) is 0 Å². The molecule has 5 heteroatoms. The van der Waals surface area contributed by atoms with Gasteiger partial charge in [0.2, 0.25) is 0 Å². The number of rotatable bonds is 5. The number of aliphatic hydroxyl groups is 1. The van der Waals surface area contributed by atoms with Crippen molar-refractivity contribution in [2.45, 2.75) is 33.4 Å². The Labute approximate surface area is 125 Å². The number of hydrogen-bond donors (Lipinski definition) is 2. The van der Waals surface area contributed by atoms with E-state index < -0.39 is 0 Å². The van der Waals surface area contributed by atoms with Gasteiger partial charge in [-0.05, 0) is 39.0 Å². The molecular weight excluding hydrogens is 266 g/mol. The highest BCUT2D eigenvalue weighted by Gasteiger charge is 2.16. The maximum atomic E-state index is 9.40. The van der Waals surface area contributed by atoms with Gasteiger partial charge in [0.05, 0.1) is 25.5 Å². The molecule has 1 atom stereocenters. The van der Waals surface area contributed by atoms with E-state index in [4.69, 9.17) is 4.74 Å². The zero-order chi connectivity index (χ0) is 15.6. The summed E-state index contributed by atoms with van der Waals surface area (Å²) in [6.07, 6.45) is 0. The smallest absolute Gasteiger partial charge is 0.124 e. The Morgan fingerprint density at radius 2 is 2.10 bits per heavy atom. The molecule has 5 nitrogen and oxygen atoms in total. The summed E-state index contributed by atoms with van der Waals surface area (Å²) in [7, 11) is 3.56. The zero-order valence-electron chi connectivity index (χ0n) is 13.3.